The first kappa shape index (κ1) is 13.1. The molecular weight excluding hydrogens is 198 g/mol. The van der Waals surface area contributed by atoms with Gasteiger partial charge in [0.2, 0.25) is 0 Å². The molecule has 0 atom stereocenters. The molecule has 1 rings (SSSR count). The van der Waals surface area contributed by atoms with Gasteiger partial charge >= 0.3 is 0 Å². The van der Waals surface area contributed by atoms with Gasteiger partial charge in [0.1, 0.15) is 5.82 Å². The Morgan fingerprint density at radius 3 is 2.69 bits per heavy atom. The van der Waals surface area contributed by atoms with Crippen molar-refractivity contribution >= 4 is 0 Å². The standard InChI is InChI=1S/C13H23N3/c1-5-6-13-15-11(4)7-12(16-13)9-14-8-10(2)3/h7,10,14H,5-6,8-9H2,1-4H3. The van der Waals surface area contributed by atoms with Crippen molar-refractivity contribution < 1.29 is 0 Å². The molecule has 3 nitrogen and oxygen atoms in total. The molecule has 1 heterocycles. The summed E-state index contributed by atoms with van der Waals surface area (Å²) in [6.07, 6.45) is 2.07. The number of hydrogen-bond donors (Lipinski definition) is 1. The second-order valence-electron chi connectivity index (χ2n) is 4.69. The fourth-order valence-electron chi connectivity index (χ4n) is 1.61. The van der Waals surface area contributed by atoms with Crippen LogP contribution in [0.5, 0.6) is 0 Å². The fourth-order valence-corrected chi connectivity index (χ4v) is 1.61. The molecular formula is C13H23N3. The minimum Gasteiger partial charge on any atom is -0.311 e. The van der Waals surface area contributed by atoms with Crippen molar-refractivity contribution in [2.45, 2.75) is 47.1 Å². The molecule has 1 N–H and O–H groups in total. The fraction of sp³-hybridized carbons (Fsp3) is 0.692. The highest BCUT2D eigenvalue weighted by atomic mass is 14.9. The normalized spacial score (nSPS) is 11.1. The highest BCUT2D eigenvalue weighted by Crippen LogP contribution is 2.03. The minimum absolute atomic E-state index is 0.679. The zero-order valence-electron chi connectivity index (χ0n) is 10.9. The van der Waals surface area contributed by atoms with Crippen LogP contribution < -0.4 is 5.32 Å². The second-order valence-corrected chi connectivity index (χ2v) is 4.69. The number of aromatic nitrogens is 2. The zero-order valence-corrected chi connectivity index (χ0v) is 10.9. The minimum atomic E-state index is 0.679. The summed E-state index contributed by atoms with van der Waals surface area (Å²) in [5.41, 5.74) is 2.18. The summed E-state index contributed by atoms with van der Waals surface area (Å²) < 4.78 is 0. The van der Waals surface area contributed by atoms with Crippen molar-refractivity contribution in [2.24, 2.45) is 5.92 Å². The van der Waals surface area contributed by atoms with Gasteiger partial charge in [-0.25, -0.2) is 9.97 Å². The van der Waals surface area contributed by atoms with E-state index in [1.807, 2.05) is 6.92 Å². The highest BCUT2D eigenvalue weighted by Gasteiger charge is 2.02. The smallest absolute Gasteiger partial charge is 0.128 e. The highest BCUT2D eigenvalue weighted by molar-refractivity contribution is 5.10. The van der Waals surface area contributed by atoms with E-state index in [1.54, 1.807) is 0 Å². The topological polar surface area (TPSA) is 37.8 Å². The Morgan fingerprint density at radius 1 is 1.31 bits per heavy atom. The Hall–Kier alpha value is -0.960. The van der Waals surface area contributed by atoms with Gasteiger partial charge in [-0.2, -0.15) is 0 Å². The molecule has 0 unspecified atom stereocenters. The number of aryl methyl sites for hydroxylation is 2. The predicted molar refractivity (Wildman–Crippen MR) is 67.3 cm³/mol. The van der Waals surface area contributed by atoms with Crippen molar-refractivity contribution in [1.29, 1.82) is 0 Å². The lowest BCUT2D eigenvalue weighted by molar-refractivity contribution is 0.546. The molecule has 0 aromatic carbocycles. The Labute approximate surface area is 98.7 Å². The van der Waals surface area contributed by atoms with Crippen molar-refractivity contribution in [1.82, 2.24) is 15.3 Å². The van der Waals surface area contributed by atoms with Crippen LogP contribution in [0.2, 0.25) is 0 Å². The van der Waals surface area contributed by atoms with Crippen molar-refractivity contribution in [3.8, 4) is 0 Å². The van der Waals surface area contributed by atoms with Crippen LogP contribution in [0.3, 0.4) is 0 Å². The Bertz CT molecular complexity index is 321. The van der Waals surface area contributed by atoms with Gasteiger partial charge in [0, 0.05) is 18.7 Å². The molecule has 1 aromatic heterocycles. The summed E-state index contributed by atoms with van der Waals surface area (Å²) in [6, 6.07) is 2.06. The molecule has 3 heteroatoms. The van der Waals surface area contributed by atoms with Crippen LogP contribution >= 0.6 is 0 Å². The third kappa shape index (κ3) is 4.71. The number of nitrogens with one attached hydrogen (secondary N) is 1. The molecule has 0 radical (unpaired) electrons. The first-order valence-corrected chi connectivity index (χ1v) is 6.16. The monoisotopic (exact) mass is 221 g/mol. The van der Waals surface area contributed by atoms with Gasteiger partial charge in [-0.3, -0.25) is 0 Å². The third-order valence-corrected chi connectivity index (χ3v) is 2.29. The van der Waals surface area contributed by atoms with Crippen LogP contribution in [0.15, 0.2) is 6.07 Å². The van der Waals surface area contributed by atoms with Crippen LogP contribution in [0.4, 0.5) is 0 Å². The molecule has 1 aromatic rings. The van der Waals surface area contributed by atoms with E-state index in [0.717, 1.165) is 43.1 Å². The molecule has 0 amide bonds. The maximum Gasteiger partial charge on any atom is 0.128 e. The van der Waals surface area contributed by atoms with Gasteiger partial charge in [-0.15, -0.1) is 0 Å². The second kappa shape index (κ2) is 6.59. The SMILES string of the molecule is CCCc1nc(C)cc(CNCC(C)C)n1. The lowest BCUT2D eigenvalue weighted by Crippen LogP contribution is -2.20. The molecule has 0 aliphatic heterocycles. The summed E-state index contributed by atoms with van der Waals surface area (Å²) in [5.74, 6) is 1.65. The van der Waals surface area contributed by atoms with E-state index in [-0.39, 0.29) is 0 Å². The van der Waals surface area contributed by atoms with E-state index >= 15 is 0 Å². The summed E-state index contributed by atoms with van der Waals surface area (Å²) in [4.78, 5) is 8.97. The molecule has 0 aliphatic rings. The maximum atomic E-state index is 4.55. The lowest BCUT2D eigenvalue weighted by atomic mass is 10.2. The Morgan fingerprint density at radius 2 is 2.06 bits per heavy atom. The molecule has 16 heavy (non-hydrogen) atoms. The van der Waals surface area contributed by atoms with Gasteiger partial charge in [0.15, 0.2) is 0 Å². The van der Waals surface area contributed by atoms with Crippen molar-refractivity contribution in [2.75, 3.05) is 6.54 Å². The van der Waals surface area contributed by atoms with Crippen LogP contribution in [0, 0.1) is 12.8 Å². The number of rotatable bonds is 6. The maximum absolute atomic E-state index is 4.55. The summed E-state index contributed by atoms with van der Waals surface area (Å²) in [6.45, 7) is 10.5. The van der Waals surface area contributed by atoms with E-state index < -0.39 is 0 Å². The van der Waals surface area contributed by atoms with Crippen LogP contribution in [-0.2, 0) is 13.0 Å². The zero-order chi connectivity index (χ0) is 12.0. The summed E-state index contributed by atoms with van der Waals surface area (Å²) >= 11 is 0. The predicted octanol–water partition coefficient (Wildman–Crippen LogP) is 2.48. The summed E-state index contributed by atoms with van der Waals surface area (Å²) in [7, 11) is 0. The van der Waals surface area contributed by atoms with E-state index in [9.17, 15) is 0 Å². The average molecular weight is 221 g/mol. The van der Waals surface area contributed by atoms with E-state index in [0.29, 0.717) is 5.92 Å². The largest absolute Gasteiger partial charge is 0.311 e. The van der Waals surface area contributed by atoms with Crippen LogP contribution in [0.25, 0.3) is 0 Å². The molecule has 0 bridgehead atoms. The molecule has 0 fully saturated rings. The first-order chi connectivity index (χ1) is 7.61. The van der Waals surface area contributed by atoms with Crippen LogP contribution in [-0.4, -0.2) is 16.5 Å². The van der Waals surface area contributed by atoms with Gasteiger partial charge < -0.3 is 5.32 Å². The van der Waals surface area contributed by atoms with Gasteiger partial charge in [0.25, 0.3) is 0 Å². The van der Waals surface area contributed by atoms with Crippen molar-refractivity contribution in [3.63, 3.8) is 0 Å². The lowest BCUT2D eigenvalue weighted by Gasteiger charge is -2.08. The number of nitrogens with zero attached hydrogens (tertiary/aromatic N) is 2. The molecule has 0 spiro atoms. The molecule has 0 saturated heterocycles. The van der Waals surface area contributed by atoms with Crippen LogP contribution in [0.1, 0.15) is 44.4 Å². The average Bonchev–Trinajstić information content (AvgIpc) is 2.16. The van der Waals surface area contributed by atoms with E-state index in [1.165, 1.54) is 0 Å². The Balaban J connectivity index is 2.58. The molecule has 0 saturated carbocycles. The first-order valence-electron chi connectivity index (χ1n) is 6.16. The number of hydrogen-bond acceptors (Lipinski definition) is 3. The van der Waals surface area contributed by atoms with Gasteiger partial charge in [0.05, 0.1) is 5.69 Å². The van der Waals surface area contributed by atoms with E-state index in [4.69, 9.17) is 0 Å². The van der Waals surface area contributed by atoms with Gasteiger partial charge in [-0.1, -0.05) is 20.8 Å². The third-order valence-electron chi connectivity index (χ3n) is 2.29. The summed E-state index contributed by atoms with van der Waals surface area (Å²) in [5, 5.41) is 3.41. The quantitative estimate of drug-likeness (QED) is 0.802. The van der Waals surface area contributed by atoms with Gasteiger partial charge in [-0.05, 0) is 31.9 Å². The Kier molecular flexibility index (Phi) is 5.39. The molecule has 90 valence electrons. The van der Waals surface area contributed by atoms with E-state index in [2.05, 4.69) is 42.1 Å². The van der Waals surface area contributed by atoms with Crippen molar-refractivity contribution in [3.05, 3.63) is 23.3 Å². The molecule has 0 aliphatic carbocycles.